The third kappa shape index (κ3) is 2.71. The topological polar surface area (TPSA) is 42.4 Å². The predicted molar refractivity (Wildman–Crippen MR) is 70.0 cm³/mol. The summed E-state index contributed by atoms with van der Waals surface area (Å²) in [5.74, 6) is -0.216. The Morgan fingerprint density at radius 2 is 2.17 bits per heavy atom. The summed E-state index contributed by atoms with van der Waals surface area (Å²) in [4.78, 5) is 1.88. The van der Waals surface area contributed by atoms with E-state index in [1.165, 1.54) is 6.07 Å². The van der Waals surface area contributed by atoms with Gasteiger partial charge in [-0.15, -0.1) is 0 Å². The van der Waals surface area contributed by atoms with Crippen molar-refractivity contribution in [1.29, 1.82) is 0 Å². The van der Waals surface area contributed by atoms with E-state index in [-0.39, 0.29) is 5.82 Å². The van der Waals surface area contributed by atoms with Crippen LogP contribution in [0.25, 0.3) is 0 Å². The minimum absolute atomic E-state index is 0.216. The molecule has 0 amide bonds. The first-order chi connectivity index (χ1) is 8.72. The largest absolute Gasteiger partial charge is 0.472 e. The molecule has 3 nitrogen and oxygen atoms in total. The quantitative estimate of drug-likeness (QED) is 0.884. The summed E-state index contributed by atoms with van der Waals surface area (Å²) in [5, 5.41) is 0. The molecule has 0 unspecified atom stereocenters. The molecule has 2 aromatic rings. The Morgan fingerprint density at radius 1 is 1.33 bits per heavy atom. The number of nitrogens with zero attached hydrogens (tertiary/aromatic N) is 1. The molecular formula is C14H17FN2O. The van der Waals surface area contributed by atoms with Gasteiger partial charge in [0.1, 0.15) is 5.82 Å². The van der Waals surface area contributed by atoms with Crippen LogP contribution in [0.4, 0.5) is 10.1 Å². The smallest absolute Gasteiger partial charge is 0.146 e. The first-order valence-electron chi connectivity index (χ1n) is 5.92. The van der Waals surface area contributed by atoms with E-state index in [0.29, 0.717) is 25.2 Å². The van der Waals surface area contributed by atoms with Crippen LogP contribution in [0.2, 0.25) is 0 Å². The number of hydrogen-bond acceptors (Lipinski definition) is 3. The van der Waals surface area contributed by atoms with Crippen LogP contribution in [-0.4, -0.2) is 13.6 Å². The van der Waals surface area contributed by atoms with Gasteiger partial charge in [0, 0.05) is 19.2 Å². The Morgan fingerprint density at radius 3 is 2.83 bits per heavy atom. The third-order valence-corrected chi connectivity index (χ3v) is 2.87. The molecule has 18 heavy (non-hydrogen) atoms. The predicted octanol–water partition coefficient (Wildman–Crippen LogP) is 2.56. The van der Waals surface area contributed by atoms with Crippen LogP contribution in [0.5, 0.6) is 0 Å². The van der Waals surface area contributed by atoms with Crippen molar-refractivity contribution in [3.63, 3.8) is 0 Å². The highest BCUT2D eigenvalue weighted by molar-refractivity contribution is 5.54. The van der Waals surface area contributed by atoms with Gasteiger partial charge in [-0.2, -0.15) is 0 Å². The number of furan rings is 1. The van der Waals surface area contributed by atoms with E-state index in [0.717, 1.165) is 11.1 Å². The number of anilines is 1. The number of nitrogens with two attached hydrogens (primary N) is 1. The van der Waals surface area contributed by atoms with Crippen LogP contribution in [0.3, 0.4) is 0 Å². The van der Waals surface area contributed by atoms with Gasteiger partial charge >= 0.3 is 0 Å². The number of rotatable bonds is 5. The monoisotopic (exact) mass is 248 g/mol. The standard InChI is InChI=1S/C14H17FN2O/c1-17(9-11-6-8-18-10-11)14-12(5-7-16)3-2-4-13(14)15/h2-4,6,8,10H,5,7,9,16H2,1H3. The molecule has 2 rings (SSSR count). The minimum atomic E-state index is -0.216. The highest BCUT2D eigenvalue weighted by atomic mass is 19.1. The van der Waals surface area contributed by atoms with Crippen molar-refractivity contribution in [1.82, 2.24) is 0 Å². The van der Waals surface area contributed by atoms with Crippen LogP contribution in [0, 0.1) is 5.82 Å². The van der Waals surface area contributed by atoms with Gasteiger partial charge in [-0.3, -0.25) is 0 Å². The van der Waals surface area contributed by atoms with E-state index in [4.69, 9.17) is 10.2 Å². The summed E-state index contributed by atoms with van der Waals surface area (Å²) in [5.41, 5.74) is 8.12. The fraction of sp³-hybridized carbons (Fsp3) is 0.286. The second-order valence-electron chi connectivity index (χ2n) is 4.27. The molecule has 2 N–H and O–H groups in total. The van der Waals surface area contributed by atoms with Crippen LogP contribution >= 0.6 is 0 Å². The summed E-state index contributed by atoms with van der Waals surface area (Å²) in [6.07, 6.45) is 3.95. The molecule has 1 heterocycles. The Hall–Kier alpha value is -1.81. The van der Waals surface area contributed by atoms with E-state index < -0.39 is 0 Å². The molecule has 0 saturated heterocycles. The third-order valence-electron chi connectivity index (χ3n) is 2.87. The van der Waals surface area contributed by atoms with Crippen molar-refractivity contribution < 1.29 is 8.81 Å². The summed E-state index contributed by atoms with van der Waals surface area (Å²) in [7, 11) is 1.87. The molecule has 0 aliphatic carbocycles. The average Bonchev–Trinajstić information content (AvgIpc) is 2.82. The fourth-order valence-electron chi connectivity index (χ4n) is 2.08. The summed E-state index contributed by atoms with van der Waals surface area (Å²) in [6.45, 7) is 1.12. The SMILES string of the molecule is CN(Cc1ccoc1)c1c(F)cccc1CCN. The molecular weight excluding hydrogens is 231 g/mol. The summed E-state index contributed by atoms with van der Waals surface area (Å²) < 4.78 is 19.0. The van der Waals surface area contributed by atoms with Gasteiger partial charge in [0.2, 0.25) is 0 Å². The highest BCUT2D eigenvalue weighted by Gasteiger charge is 2.13. The Kier molecular flexibility index (Phi) is 3.99. The maximum Gasteiger partial charge on any atom is 0.146 e. The van der Waals surface area contributed by atoms with Crippen LogP contribution in [0.15, 0.2) is 41.2 Å². The van der Waals surface area contributed by atoms with Crippen LogP contribution in [-0.2, 0) is 13.0 Å². The lowest BCUT2D eigenvalue weighted by atomic mass is 10.1. The van der Waals surface area contributed by atoms with Gasteiger partial charge in [-0.05, 0) is 30.7 Å². The van der Waals surface area contributed by atoms with Gasteiger partial charge in [-0.25, -0.2) is 4.39 Å². The van der Waals surface area contributed by atoms with E-state index in [1.807, 2.05) is 24.1 Å². The van der Waals surface area contributed by atoms with Crippen molar-refractivity contribution in [3.05, 3.63) is 53.7 Å². The lowest BCUT2D eigenvalue weighted by Crippen LogP contribution is -2.20. The fourth-order valence-corrected chi connectivity index (χ4v) is 2.08. The second-order valence-corrected chi connectivity index (χ2v) is 4.27. The van der Waals surface area contributed by atoms with Gasteiger partial charge in [0.05, 0.1) is 18.2 Å². The first kappa shape index (κ1) is 12.6. The van der Waals surface area contributed by atoms with Crippen molar-refractivity contribution in [2.75, 3.05) is 18.5 Å². The molecule has 96 valence electrons. The molecule has 0 saturated carbocycles. The van der Waals surface area contributed by atoms with Gasteiger partial charge in [0.15, 0.2) is 0 Å². The van der Waals surface area contributed by atoms with Crippen LogP contribution in [0.1, 0.15) is 11.1 Å². The number of benzene rings is 1. The van der Waals surface area contributed by atoms with Gasteiger partial charge in [0.25, 0.3) is 0 Å². The van der Waals surface area contributed by atoms with E-state index in [9.17, 15) is 4.39 Å². The van der Waals surface area contributed by atoms with Gasteiger partial charge in [-0.1, -0.05) is 12.1 Å². The minimum Gasteiger partial charge on any atom is -0.472 e. The van der Waals surface area contributed by atoms with Crippen molar-refractivity contribution in [2.24, 2.45) is 5.73 Å². The van der Waals surface area contributed by atoms with Crippen molar-refractivity contribution in [2.45, 2.75) is 13.0 Å². The molecule has 0 aliphatic heterocycles. The Labute approximate surface area is 106 Å². The normalized spacial score (nSPS) is 10.6. The van der Waals surface area contributed by atoms with E-state index in [1.54, 1.807) is 18.6 Å². The zero-order valence-corrected chi connectivity index (χ0v) is 10.4. The molecule has 0 bridgehead atoms. The molecule has 1 aromatic carbocycles. The van der Waals surface area contributed by atoms with E-state index in [2.05, 4.69) is 0 Å². The first-order valence-corrected chi connectivity index (χ1v) is 5.92. The van der Waals surface area contributed by atoms with Crippen molar-refractivity contribution >= 4 is 5.69 Å². The lowest BCUT2D eigenvalue weighted by molar-refractivity contribution is 0.563. The zero-order valence-electron chi connectivity index (χ0n) is 10.4. The zero-order chi connectivity index (χ0) is 13.0. The maximum absolute atomic E-state index is 13.9. The van der Waals surface area contributed by atoms with E-state index >= 15 is 0 Å². The molecule has 4 heteroatoms. The maximum atomic E-state index is 13.9. The average molecular weight is 248 g/mol. The lowest BCUT2D eigenvalue weighted by Gasteiger charge is -2.22. The molecule has 0 aliphatic rings. The Bertz CT molecular complexity index is 497. The van der Waals surface area contributed by atoms with Gasteiger partial charge < -0.3 is 15.1 Å². The molecule has 0 fully saturated rings. The van der Waals surface area contributed by atoms with Crippen LogP contribution < -0.4 is 10.6 Å². The molecule has 0 atom stereocenters. The Balaban J connectivity index is 2.25. The summed E-state index contributed by atoms with van der Waals surface area (Å²) in [6, 6.07) is 6.98. The van der Waals surface area contributed by atoms with Crippen molar-refractivity contribution in [3.8, 4) is 0 Å². The molecule has 0 radical (unpaired) electrons. The number of halogens is 1. The highest BCUT2D eigenvalue weighted by Crippen LogP contribution is 2.25. The molecule has 1 aromatic heterocycles. The number of hydrogen-bond donors (Lipinski definition) is 1. The molecule has 0 spiro atoms. The number of para-hydroxylation sites is 1. The second kappa shape index (κ2) is 5.69. The summed E-state index contributed by atoms with van der Waals surface area (Å²) >= 11 is 0.